The van der Waals surface area contributed by atoms with E-state index in [1.807, 2.05) is 0 Å². The zero-order valence-electron chi connectivity index (χ0n) is 13.7. The molecule has 4 N–H and O–H groups in total. The summed E-state index contributed by atoms with van der Waals surface area (Å²) in [6.45, 7) is 0.166. The minimum absolute atomic E-state index is 0.0281. The van der Waals surface area contributed by atoms with Crippen LogP contribution in [0.25, 0.3) is 0 Å². The summed E-state index contributed by atoms with van der Waals surface area (Å²) in [5, 5.41) is 31.5. The summed E-state index contributed by atoms with van der Waals surface area (Å²) in [5.41, 5.74) is -0.295. The van der Waals surface area contributed by atoms with Crippen molar-refractivity contribution in [3.8, 4) is 0 Å². The van der Waals surface area contributed by atoms with Crippen LogP contribution in [-0.2, 0) is 4.74 Å². The summed E-state index contributed by atoms with van der Waals surface area (Å²) < 4.78 is 4.53. The molecule has 2 fully saturated rings. The maximum Gasteiger partial charge on any atom is 0.505 e. The Bertz CT molecular complexity index is 305. The van der Waals surface area contributed by atoms with Crippen molar-refractivity contribution in [2.75, 3.05) is 13.2 Å². The highest BCUT2D eigenvalue weighted by Gasteiger charge is 2.32. The normalized spacial score (nSPS) is 19.2. The van der Waals surface area contributed by atoms with Crippen molar-refractivity contribution in [2.45, 2.75) is 70.6 Å². The summed E-state index contributed by atoms with van der Waals surface area (Å²) >= 11 is 0. The van der Waals surface area contributed by atoms with E-state index in [4.69, 9.17) is 20.1 Å². The molecule has 0 aromatic carbocycles. The molecule has 2 rings (SSSR count). The molecule has 0 unspecified atom stereocenters. The Balaban J connectivity index is 0.000000398. The second kappa shape index (κ2) is 13.0. The van der Waals surface area contributed by atoms with E-state index < -0.39 is 12.3 Å². The van der Waals surface area contributed by atoms with Crippen molar-refractivity contribution in [3.05, 3.63) is 0 Å². The first-order valence-corrected chi connectivity index (χ1v) is 8.30. The van der Waals surface area contributed by atoms with Crippen molar-refractivity contribution in [3.63, 3.8) is 0 Å². The third-order valence-corrected chi connectivity index (χ3v) is 4.25. The van der Waals surface area contributed by atoms with Gasteiger partial charge in [0.05, 0.1) is 6.61 Å². The summed E-state index contributed by atoms with van der Waals surface area (Å²) in [5.74, 6) is 0. The van der Waals surface area contributed by atoms with E-state index in [2.05, 4.69) is 4.74 Å². The van der Waals surface area contributed by atoms with Crippen molar-refractivity contribution >= 4 is 12.3 Å². The minimum Gasteiger partial charge on any atom is -0.450 e. The summed E-state index contributed by atoms with van der Waals surface area (Å²) in [4.78, 5) is 18.8. The van der Waals surface area contributed by atoms with Gasteiger partial charge >= 0.3 is 12.3 Å². The highest BCUT2D eigenvalue weighted by molar-refractivity contribution is 5.56. The lowest BCUT2D eigenvalue weighted by atomic mass is 9.75. The van der Waals surface area contributed by atoms with Gasteiger partial charge in [-0.3, -0.25) is 0 Å². The van der Waals surface area contributed by atoms with Crippen LogP contribution < -0.4 is 0 Å². The van der Waals surface area contributed by atoms with Gasteiger partial charge in [-0.15, -0.1) is 0 Å². The predicted octanol–water partition coefficient (Wildman–Crippen LogP) is 4.19. The SMILES string of the molecule is C1CCCCC1.O=C(O)O.O=C(O)OCC1(CO)CCCCC1. The van der Waals surface area contributed by atoms with Crippen LogP contribution in [0.4, 0.5) is 9.59 Å². The highest BCUT2D eigenvalue weighted by atomic mass is 16.7. The van der Waals surface area contributed by atoms with E-state index in [0.29, 0.717) is 0 Å². The fourth-order valence-electron chi connectivity index (χ4n) is 2.93. The molecule has 0 atom stereocenters. The number of aliphatic hydroxyl groups is 1. The van der Waals surface area contributed by atoms with E-state index >= 15 is 0 Å². The van der Waals surface area contributed by atoms with Gasteiger partial charge in [0.1, 0.15) is 6.61 Å². The minimum atomic E-state index is -1.83. The van der Waals surface area contributed by atoms with Crippen LogP contribution in [0.1, 0.15) is 70.6 Å². The molecule has 2 aliphatic rings. The molecule has 0 bridgehead atoms. The Morgan fingerprint density at radius 1 is 0.783 bits per heavy atom. The zero-order chi connectivity index (χ0) is 17.6. The third-order valence-electron chi connectivity index (χ3n) is 4.25. The first-order chi connectivity index (χ1) is 10.9. The van der Waals surface area contributed by atoms with Gasteiger partial charge in [0.2, 0.25) is 0 Å². The number of aliphatic hydroxyl groups excluding tert-OH is 1. The van der Waals surface area contributed by atoms with E-state index in [1.165, 1.54) is 44.9 Å². The highest BCUT2D eigenvalue weighted by Crippen LogP contribution is 2.35. The largest absolute Gasteiger partial charge is 0.505 e. The van der Waals surface area contributed by atoms with Crippen LogP contribution in [0.15, 0.2) is 0 Å². The lowest BCUT2D eigenvalue weighted by molar-refractivity contribution is -0.00429. The molecule has 0 amide bonds. The molecule has 136 valence electrons. The van der Waals surface area contributed by atoms with Crippen molar-refractivity contribution < 1.29 is 34.8 Å². The number of hydrogen-bond donors (Lipinski definition) is 4. The van der Waals surface area contributed by atoms with Gasteiger partial charge in [0.15, 0.2) is 0 Å². The van der Waals surface area contributed by atoms with E-state index in [0.717, 1.165) is 25.7 Å². The summed E-state index contributed by atoms with van der Waals surface area (Å²) in [6.07, 6.45) is 11.0. The lowest BCUT2D eigenvalue weighted by Gasteiger charge is -2.34. The van der Waals surface area contributed by atoms with E-state index in [-0.39, 0.29) is 18.6 Å². The molecule has 0 saturated heterocycles. The van der Waals surface area contributed by atoms with Crippen molar-refractivity contribution in [1.29, 1.82) is 0 Å². The smallest absolute Gasteiger partial charge is 0.450 e. The van der Waals surface area contributed by atoms with Crippen LogP contribution in [-0.4, -0.2) is 46.0 Å². The Kier molecular flexibility index (Phi) is 12.1. The average molecular weight is 334 g/mol. The lowest BCUT2D eigenvalue weighted by Crippen LogP contribution is -2.34. The van der Waals surface area contributed by atoms with Gasteiger partial charge in [-0.25, -0.2) is 9.59 Å². The van der Waals surface area contributed by atoms with Gasteiger partial charge in [0.25, 0.3) is 0 Å². The topological polar surface area (TPSA) is 124 Å². The molecule has 0 aromatic rings. The number of ether oxygens (including phenoxy) is 1. The van der Waals surface area contributed by atoms with Crippen LogP contribution in [0.2, 0.25) is 0 Å². The quantitative estimate of drug-likeness (QED) is 0.570. The Morgan fingerprint density at radius 2 is 1.13 bits per heavy atom. The van der Waals surface area contributed by atoms with Crippen LogP contribution in [0.5, 0.6) is 0 Å². The molecule has 0 spiro atoms. The third kappa shape index (κ3) is 12.7. The van der Waals surface area contributed by atoms with E-state index in [9.17, 15) is 9.90 Å². The van der Waals surface area contributed by atoms with Gasteiger partial charge < -0.3 is 25.2 Å². The second-order valence-electron chi connectivity index (χ2n) is 6.18. The van der Waals surface area contributed by atoms with Crippen LogP contribution in [0, 0.1) is 5.41 Å². The molecular formula is C16H30O7. The average Bonchev–Trinajstić information content (AvgIpc) is 2.55. The summed E-state index contributed by atoms with van der Waals surface area (Å²) in [7, 11) is 0. The number of hydrogen-bond acceptors (Lipinski definition) is 4. The van der Waals surface area contributed by atoms with Crippen molar-refractivity contribution in [1.82, 2.24) is 0 Å². The van der Waals surface area contributed by atoms with Gasteiger partial charge in [-0.05, 0) is 12.8 Å². The molecule has 0 aliphatic heterocycles. The molecule has 7 nitrogen and oxygen atoms in total. The van der Waals surface area contributed by atoms with Crippen molar-refractivity contribution in [2.24, 2.45) is 5.41 Å². The van der Waals surface area contributed by atoms with Gasteiger partial charge in [-0.2, -0.15) is 0 Å². The van der Waals surface area contributed by atoms with Gasteiger partial charge in [0, 0.05) is 5.41 Å². The molecule has 2 aliphatic carbocycles. The standard InChI is InChI=1S/C9H16O4.C6H12.CH2O3/c10-6-9(7-13-8(11)12)4-2-1-3-5-9;1-2-4-6-5-3-1;2-1(3)4/h10H,1-7H2,(H,11,12);1-6H2;(H2,2,3,4). The Hall–Kier alpha value is -1.50. The number of rotatable bonds is 3. The molecule has 2 saturated carbocycles. The summed E-state index contributed by atoms with van der Waals surface area (Å²) in [6, 6.07) is 0. The van der Waals surface area contributed by atoms with Crippen LogP contribution >= 0.6 is 0 Å². The monoisotopic (exact) mass is 334 g/mol. The maximum atomic E-state index is 10.2. The first kappa shape index (κ1) is 21.5. The Morgan fingerprint density at radius 3 is 1.43 bits per heavy atom. The molecule has 7 heteroatoms. The zero-order valence-corrected chi connectivity index (χ0v) is 13.7. The van der Waals surface area contributed by atoms with Gasteiger partial charge in [-0.1, -0.05) is 57.8 Å². The fraction of sp³-hybridized carbons (Fsp3) is 0.875. The molecule has 0 heterocycles. The fourth-order valence-corrected chi connectivity index (χ4v) is 2.93. The Labute approximate surface area is 137 Å². The first-order valence-electron chi connectivity index (χ1n) is 8.30. The molecule has 0 radical (unpaired) electrons. The predicted molar refractivity (Wildman–Crippen MR) is 84.9 cm³/mol. The second-order valence-corrected chi connectivity index (χ2v) is 6.18. The molecular weight excluding hydrogens is 304 g/mol. The number of carboxylic acid groups (broad SMARTS) is 3. The maximum absolute atomic E-state index is 10.2. The molecule has 23 heavy (non-hydrogen) atoms. The van der Waals surface area contributed by atoms with E-state index in [1.54, 1.807) is 0 Å². The molecule has 0 aromatic heterocycles. The number of carbonyl (C=O) groups is 2. The van der Waals surface area contributed by atoms with Crippen LogP contribution in [0.3, 0.4) is 0 Å².